The number of nitrogens with zero attached hydrogens (tertiary/aromatic N) is 1. The first kappa shape index (κ1) is 13.1. The van der Waals surface area contributed by atoms with Gasteiger partial charge in [0.05, 0.1) is 12.2 Å². The molecule has 0 aromatic heterocycles. The van der Waals surface area contributed by atoms with Gasteiger partial charge in [-0.1, -0.05) is 23.4 Å². The van der Waals surface area contributed by atoms with Gasteiger partial charge in [-0.15, -0.1) is 0 Å². The van der Waals surface area contributed by atoms with Gasteiger partial charge in [0.25, 0.3) is 0 Å². The Morgan fingerprint density at radius 1 is 1.47 bits per heavy atom. The molecular weight excluding hydrogens is 238 g/mol. The molecule has 86 valence electrons. The summed E-state index contributed by atoms with van der Waals surface area (Å²) in [5, 5.41) is 9.35. The van der Waals surface area contributed by atoms with Crippen molar-refractivity contribution in [1.29, 1.82) is 5.26 Å². The van der Waals surface area contributed by atoms with E-state index in [2.05, 4.69) is 11.8 Å². The van der Waals surface area contributed by atoms with Crippen molar-refractivity contribution >= 4 is 17.6 Å². The van der Waals surface area contributed by atoms with Crippen molar-refractivity contribution in [1.82, 2.24) is 0 Å². The van der Waals surface area contributed by atoms with Gasteiger partial charge < -0.3 is 4.74 Å². The number of carbonyl (C=O) groups is 1. The maximum atomic E-state index is 11.0. The summed E-state index contributed by atoms with van der Waals surface area (Å²) in [7, 11) is 0. The Balaban J connectivity index is 2.79. The van der Waals surface area contributed by atoms with Gasteiger partial charge >= 0.3 is 5.97 Å². The van der Waals surface area contributed by atoms with E-state index >= 15 is 0 Å². The summed E-state index contributed by atoms with van der Waals surface area (Å²) in [4.78, 5) is 11.0. The molecule has 0 amide bonds. The molecule has 0 spiro atoms. The molecule has 0 aliphatic rings. The largest absolute Gasteiger partial charge is 0.465 e. The Bertz CT molecular complexity index is 520. The zero-order valence-electron chi connectivity index (χ0n) is 9.29. The number of benzene rings is 1. The molecule has 0 atom stereocenters. The van der Waals surface area contributed by atoms with Crippen molar-refractivity contribution < 1.29 is 9.53 Å². The Kier molecular flexibility index (Phi) is 5.07. The van der Waals surface area contributed by atoms with E-state index in [1.165, 1.54) is 6.07 Å². The lowest BCUT2D eigenvalue weighted by Gasteiger charge is -1.96. The number of rotatable bonds is 2. The second-order valence-corrected chi connectivity index (χ2v) is 3.52. The third kappa shape index (κ3) is 4.18. The fraction of sp³-hybridized carbons (Fsp3) is 0.231. The molecule has 0 aliphatic carbocycles. The highest BCUT2D eigenvalue weighted by atomic mass is 35.5. The van der Waals surface area contributed by atoms with E-state index < -0.39 is 0 Å². The zero-order valence-corrected chi connectivity index (χ0v) is 10.0. The quantitative estimate of drug-likeness (QED) is 0.596. The number of halogens is 1. The van der Waals surface area contributed by atoms with Crippen molar-refractivity contribution in [3.8, 4) is 17.9 Å². The summed E-state index contributed by atoms with van der Waals surface area (Å²) in [5.41, 5.74) is 0.954. The lowest BCUT2D eigenvalue weighted by Crippen LogP contribution is -2.01. The molecular formula is C13H10ClNO2. The van der Waals surface area contributed by atoms with Crippen molar-refractivity contribution in [3.05, 3.63) is 34.3 Å². The molecule has 0 saturated carbocycles. The second kappa shape index (κ2) is 6.58. The molecule has 0 fully saturated rings. The van der Waals surface area contributed by atoms with Gasteiger partial charge in [-0.2, -0.15) is 5.26 Å². The van der Waals surface area contributed by atoms with Crippen LogP contribution in [0.2, 0.25) is 5.02 Å². The van der Waals surface area contributed by atoms with E-state index in [0.717, 1.165) is 0 Å². The molecule has 0 saturated heterocycles. The number of nitriles is 1. The smallest absolute Gasteiger partial charge is 0.317 e. The molecule has 1 aromatic carbocycles. The average Bonchev–Trinajstić information content (AvgIpc) is 2.31. The van der Waals surface area contributed by atoms with Crippen LogP contribution < -0.4 is 0 Å². The number of hydrogen-bond donors (Lipinski definition) is 0. The molecule has 0 aliphatic heterocycles. The Labute approximate surface area is 105 Å². The Hall–Kier alpha value is -1.97. The van der Waals surface area contributed by atoms with Crippen LogP contribution in [0, 0.1) is 23.2 Å². The van der Waals surface area contributed by atoms with Crippen molar-refractivity contribution in [2.24, 2.45) is 0 Å². The monoisotopic (exact) mass is 247 g/mol. The van der Waals surface area contributed by atoms with Crippen molar-refractivity contribution in [2.45, 2.75) is 13.3 Å². The number of carbonyl (C=O) groups excluding carboxylic acids is 1. The lowest BCUT2D eigenvalue weighted by atomic mass is 10.1. The van der Waals surface area contributed by atoms with Crippen LogP contribution in [0.25, 0.3) is 0 Å². The van der Waals surface area contributed by atoms with Gasteiger partial charge in [0.2, 0.25) is 0 Å². The van der Waals surface area contributed by atoms with Gasteiger partial charge in [-0.05, 0) is 25.1 Å². The second-order valence-electron chi connectivity index (χ2n) is 3.09. The molecule has 0 bridgehead atoms. The zero-order chi connectivity index (χ0) is 12.7. The molecule has 3 nitrogen and oxygen atoms in total. The van der Waals surface area contributed by atoms with Crippen LogP contribution in [-0.4, -0.2) is 12.6 Å². The molecule has 4 heteroatoms. The summed E-state index contributed by atoms with van der Waals surface area (Å²) in [6.07, 6.45) is 0.0152. The number of hydrogen-bond acceptors (Lipinski definition) is 3. The number of ether oxygens (including phenoxy) is 1. The minimum absolute atomic E-state index is 0.0152. The molecule has 0 unspecified atom stereocenters. The fourth-order valence-electron chi connectivity index (χ4n) is 1.14. The van der Waals surface area contributed by atoms with Crippen LogP contribution in [-0.2, 0) is 9.53 Å². The van der Waals surface area contributed by atoms with E-state index in [-0.39, 0.29) is 12.4 Å². The molecule has 1 rings (SSSR count). The fourth-order valence-corrected chi connectivity index (χ4v) is 1.31. The predicted octanol–water partition coefficient (Wildman–Crippen LogP) is 2.52. The lowest BCUT2D eigenvalue weighted by molar-refractivity contribution is -0.141. The molecule has 17 heavy (non-hydrogen) atoms. The summed E-state index contributed by atoms with van der Waals surface area (Å²) >= 11 is 5.75. The van der Waals surface area contributed by atoms with Crippen LogP contribution in [0.1, 0.15) is 24.5 Å². The van der Waals surface area contributed by atoms with Gasteiger partial charge in [0.15, 0.2) is 0 Å². The average molecular weight is 248 g/mol. The van der Waals surface area contributed by atoms with Gasteiger partial charge in [0.1, 0.15) is 12.5 Å². The topological polar surface area (TPSA) is 50.1 Å². The first-order chi connectivity index (χ1) is 8.17. The summed E-state index contributed by atoms with van der Waals surface area (Å²) in [5.74, 6) is 5.04. The van der Waals surface area contributed by atoms with Gasteiger partial charge in [-0.25, -0.2) is 0 Å². The van der Waals surface area contributed by atoms with Crippen LogP contribution in [0.3, 0.4) is 0 Å². The van der Waals surface area contributed by atoms with Gasteiger partial charge in [0, 0.05) is 10.6 Å². The van der Waals surface area contributed by atoms with E-state index in [1.54, 1.807) is 19.1 Å². The highest BCUT2D eigenvalue weighted by molar-refractivity contribution is 6.30. The summed E-state index contributed by atoms with van der Waals surface area (Å²) in [6, 6.07) is 6.84. The maximum absolute atomic E-state index is 11.0. The summed E-state index contributed by atoms with van der Waals surface area (Å²) < 4.78 is 4.73. The Morgan fingerprint density at radius 2 is 2.24 bits per heavy atom. The number of esters is 1. The van der Waals surface area contributed by atoms with Crippen LogP contribution in [0.5, 0.6) is 0 Å². The predicted molar refractivity (Wildman–Crippen MR) is 64.3 cm³/mol. The minimum Gasteiger partial charge on any atom is -0.465 e. The third-order valence-electron chi connectivity index (χ3n) is 1.86. The standard InChI is InChI=1S/C13H10ClNO2/c1-2-17-13(16)5-3-4-10-6-7-12(14)8-11(10)9-15/h6-8H,2,5H2,1H3. The maximum Gasteiger partial charge on any atom is 0.317 e. The third-order valence-corrected chi connectivity index (χ3v) is 2.10. The first-order valence-electron chi connectivity index (χ1n) is 5.01. The van der Waals surface area contributed by atoms with Crippen molar-refractivity contribution in [3.63, 3.8) is 0 Å². The van der Waals surface area contributed by atoms with Crippen molar-refractivity contribution in [2.75, 3.05) is 6.61 Å². The summed E-state index contributed by atoms with van der Waals surface area (Å²) in [6.45, 7) is 2.07. The highest BCUT2D eigenvalue weighted by Gasteiger charge is 2.00. The molecule has 0 radical (unpaired) electrons. The van der Waals surface area contributed by atoms with E-state index in [1.807, 2.05) is 6.07 Å². The van der Waals surface area contributed by atoms with Crippen LogP contribution >= 0.6 is 11.6 Å². The highest BCUT2D eigenvalue weighted by Crippen LogP contribution is 2.14. The SMILES string of the molecule is CCOC(=O)CC#Cc1ccc(Cl)cc1C#N. The first-order valence-corrected chi connectivity index (χ1v) is 5.39. The van der Waals surface area contributed by atoms with Gasteiger partial charge in [-0.3, -0.25) is 4.79 Å². The van der Waals surface area contributed by atoms with Crippen LogP contribution in [0.4, 0.5) is 0 Å². The van der Waals surface area contributed by atoms with E-state index in [0.29, 0.717) is 22.8 Å². The van der Waals surface area contributed by atoms with E-state index in [4.69, 9.17) is 21.6 Å². The molecule has 0 heterocycles. The van der Waals surface area contributed by atoms with E-state index in [9.17, 15) is 4.79 Å². The Morgan fingerprint density at radius 3 is 2.88 bits per heavy atom. The minimum atomic E-state index is -0.368. The molecule has 0 N–H and O–H groups in total. The van der Waals surface area contributed by atoms with Crippen LogP contribution in [0.15, 0.2) is 18.2 Å². The normalized spacial score (nSPS) is 8.76. The molecule has 1 aromatic rings.